The van der Waals surface area contributed by atoms with Crippen LogP contribution in [0.5, 0.6) is 0 Å². The lowest BCUT2D eigenvalue weighted by Gasteiger charge is -2.15. The molecule has 1 saturated heterocycles. The molecule has 0 radical (unpaired) electrons. The van der Waals surface area contributed by atoms with Gasteiger partial charge in [-0.2, -0.15) is 0 Å². The van der Waals surface area contributed by atoms with Gasteiger partial charge in [-0.3, -0.25) is 4.79 Å². The minimum atomic E-state index is -0.103. The summed E-state index contributed by atoms with van der Waals surface area (Å²) in [6.07, 6.45) is 2.56. The van der Waals surface area contributed by atoms with E-state index in [9.17, 15) is 4.79 Å². The highest BCUT2D eigenvalue weighted by atomic mass is 16.2. The monoisotopic (exact) mass is 272 g/mol. The van der Waals surface area contributed by atoms with Crippen LogP contribution in [0.15, 0.2) is 30.6 Å². The highest BCUT2D eigenvalue weighted by Crippen LogP contribution is 2.17. The maximum Gasteiger partial charge on any atom is 0.241 e. The number of anilines is 1. The van der Waals surface area contributed by atoms with Gasteiger partial charge in [0, 0.05) is 5.69 Å². The van der Waals surface area contributed by atoms with Gasteiger partial charge in [0.1, 0.15) is 6.33 Å². The normalized spacial score (nSPS) is 21.9. The highest BCUT2D eigenvalue weighted by molar-refractivity contribution is 5.95. The molecule has 2 N–H and O–H groups in total. The van der Waals surface area contributed by atoms with Crippen molar-refractivity contribution in [2.75, 3.05) is 11.9 Å². The number of amides is 1. The van der Waals surface area contributed by atoms with Crippen molar-refractivity contribution in [3.05, 3.63) is 30.6 Å². The molecule has 1 aliphatic heterocycles. The van der Waals surface area contributed by atoms with Crippen LogP contribution in [-0.2, 0) is 4.79 Å². The molecule has 2 aromatic rings. The molecule has 1 amide bonds. The third-order valence-electron chi connectivity index (χ3n) is 3.56. The second-order valence-electron chi connectivity index (χ2n) is 4.99. The minimum Gasteiger partial charge on any atom is -0.325 e. The van der Waals surface area contributed by atoms with Crippen molar-refractivity contribution in [2.45, 2.75) is 19.4 Å². The van der Waals surface area contributed by atoms with E-state index in [1.165, 1.54) is 6.33 Å². The predicted molar refractivity (Wildman–Crippen MR) is 73.4 cm³/mol. The molecule has 0 spiro atoms. The fourth-order valence-corrected chi connectivity index (χ4v) is 2.38. The summed E-state index contributed by atoms with van der Waals surface area (Å²) in [5.74, 6) is 0.390. The topological polar surface area (TPSA) is 84.7 Å². The number of aromatic nitrogens is 4. The molecule has 7 nitrogen and oxygen atoms in total. The summed E-state index contributed by atoms with van der Waals surface area (Å²) < 4.78 is 1.56. The molecule has 2 atom stereocenters. The zero-order valence-corrected chi connectivity index (χ0v) is 11.2. The Hall–Kier alpha value is -2.28. The van der Waals surface area contributed by atoms with E-state index in [0.29, 0.717) is 5.92 Å². The third-order valence-corrected chi connectivity index (χ3v) is 3.56. The number of nitrogens with zero attached hydrogens (tertiary/aromatic N) is 4. The summed E-state index contributed by atoms with van der Waals surface area (Å²) in [7, 11) is 0. The van der Waals surface area contributed by atoms with E-state index in [-0.39, 0.29) is 11.9 Å². The molecule has 1 aromatic carbocycles. The van der Waals surface area contributed by atoms with Crippen LogP contribution in [0, 0.1) is 5.92 Å². The Kier molecular flexibility index (Phi) is 3.42. The van der Waals surface area contributed by atoms with E-state index in [2.05, 4.69) is 33.1 Å². The molecule has 0 saturated carbocycles. The van der Waals surface area contributed by atoms with Crippen molar-refractivity contribution in [2.24, 2.45) is 5.92 Å². The quantitative estimate of drug-likeness (QED) is 0.854. The van der Waals surface area contributed by atoms with Gasteiger partial charge in [0.25, 0.3) is 0 Å². The number of carbonyl (C=O) groups is 1. The maximum atomic E-state index is 12.1. The summed E-state index contributed by atoms with van der Waals surface area (Å²) in [6.45, 7) is 2.99. The highest BCUT2D eigenvalue weighted by Gasteiger charge is 2.29. The van der Waals surface area contributed by atoms with Gasteiger partial charge in [0.2, 0.25) is 5.91 Å². The van der Waals surface area contributed by atoms with E-state index in [4.69, 9.17) is 0 Å². The first-order valence-corrected chi connectivity index (χ1v) is 6.62. The van der Waals surface area contributed by atoms with Gasteiger partial charge in [0.15, 0.2) is 0 Å². The van der Waals surface area contributed by atoms with Crippen LogP contribution in [0.2, 0.25) is 0 Å². The van der Waals surface area contributed by atoms with Gasteiger partial charge < -0.3 is 10.6 Å². The number of benzene rings is 1. The molecule has 7 heteroatoms. The van der Waals surface area contributed by atoms with Crippen molar-refractivity contribution in [3.63, 3.8) is 0 Å². The SMILES string of the molecule is CC1CCNC1C(=O)Nc1ccc(-n2cnnn2)cc1. The number of hydrogen-bond acceptors (Lipinski definition) is 5. The van der Waals surface area contributed by atoms with Crippen molar-refractivity contribution in [1.29, 1.82) is 0 Å². The van der Waals surface area contributed by atoms with Gasteiger partial charge >= 0.3 is 0 Å². The average Bonchev–Trinajstić information content (AvgIpc) is 3.10. The molecular formula is C13H16N6O. The van der Waals surface area contributed by atoms with Crippen molar-refractivity contribution in [3.8, 4) is 5.69 Å². The lowest BCUT2D eigenvalue weighted by atomic mass is 10.0. The zero-order valence-electron chi connectivity index (χ0n) is 11.2. The number of carbonyl (C=O) groups excluding carboxylic acids is 1. The lowest BCUT2D eigenvalue weighted by Crippen LogP contribution is -2.39. The van der Waals surface area contributed by atoms with Crippen LogP contribution in [0.3, 0.4) is 0 Å². The van der Waals surface area contributed by atoms with E-state index in [1.807, 2.05) is 24.3 Å². The first kappa shape index (κ1) is 12.7. The smallest absolute Gasteiger partial charge is 0.241 e. The Morgan fingerprint density at radius 2 is 2.20 bits per heavy atom. The summed E-state index contributed by atoms with van der Waals surface area (Å²) in [6, 6.07) is 7.30. The van der Waals surface area contributed by atoms with Gasteiger partial charge in [-0.25, -0.2) is 4.68 Å². The summed E-state index contributed by atoms with van der Waals surface area (Å²) in [5.41, 5.74) is 1.62. The van der Waals surface area contributed by atoms with E-state index < -0.39 is 0 Å². The summed E-state index contributed by atoms with van der Waals surface area (Å²) in [4.78, 5) is 12.1. The summed E-state index contributed by atoms with van der Waals surface area (Å²) >= 11 is 0. The van der Waals surface area contributed by atoms with Crippen molar-refractivity contribution in [1.82, 2.24) is 25.5 Å². The molecule has 0 bridgehead atoms. The predicted octanol–water partition coefficient (Wildman–Crippen LogP) is 0.599. The number of rotatable bonds is 3. The van der Waals surface area contributed by atoms with Crippen LogP contribution in [0.25, 0.3) is 5.69 Å². The molecular weight excluding hydrogens is 256 g/mol. The number of nitrogens with one attached hydrogen (secondary N) is 2. The maximum absolute atomic E-state index is 12.1. The van der Waals surface area contributed by atoms with Crippen molar-refractivity contribution >= 4 is 11.6 Å². The first-order chi connectivity index (χ1) is 9.74. The number of hydrogen-bond donors (Lipinski definition) is 2. The van der Waals surface area contributed by atoms with E-state index in [1.54, 1.807) is 4.68 Å². The lowest BCUT2D eigenvalue weighted by molar-refractivity contribution is -0.118. The molecule has 2 unspecified atom stereocenters. The van der Waals surface area contributed by atoms with Gasteiger partial charge in [-0.15, -0.1) is 5.10 Å². The Morgan fingerprint density at radius 3 is 2.80 bits per heavy atom. The zero-order chi connectivity index (χ0) is 13.9. The fourth-order valence-electron chi connectivity index (χ4n) is 2.38. The van der Waals surface area contributed by atoms with Crippen LogP contribution in [0.4, 0.5) is 5.69 Å². The first-order valence-electron chi connectivity index (χ1n) is 6.62. The standard InChI is InChI=1S/C13H16N6O/c1-9-6-7-14-12(9)13(20)16-10-2-4-11(5-3-10)19-8-15-17-18-19/h2-5,8-9,12,14H,6-7H2,1H3,(H,16,20). The Bertz CT molecular complexity index is 579. The van der Waals surface area contributed by atoms with Gasteiger partial charge in [-0.05, 0) is 53.6 Å². The fraction of sp³-hybridized carbons (Fsp3) is 0.385. The van der Waals surface area contributed by atoms with Crippen LogP contribution < -0.4 is 10.6 Å². The van der Waals surface area contributed by atoms with Crippen LogP contribution in [0.1, 0.15) is 13.3 Å². The molecule has 1 aromatic heterocycles. The molecule has 104 valence electrons. The molecule has 1 aliphatic rings. The van der Waals surface area contributed by atoms with Crippen LogP contribution in [-0.4, -0.2) is 38.7 Å². The molecule has 2 heterocycles. The van der Waals surface area contributed by atoms with E-state index in [0.717, 1.165) is 24.3 Å². The molecule has 1 fully saturated rings. The Morgan fingerprint density at radius 1 is 1.40 bits per heavy atom. The van der Waals surface area contributed by atoms with E-state index >= 15 is 0 Å². The largest absolute Gasteiger partial charge is 0.325 e. The van der Waals surface area contributed by atoms with Crippen molar-refractivity contribution < 1.29 is 4.79 Å². The van der Waals surface area contributed by atoms with Gasteiger partial charge in [0.05, 0.1) is 11.7 Å². The van der Waals surface area contributed by atoms with Gasteiger partial charge in [-0.1, -0.05) is 6.92 Å². The van der Waals surface area contributed by atoms with Crippen LogP contribution >= 0.6 is 0 Å². The second-order valence-corrected chi connectivity index (χ2v) is 4.99. The third kappa shape index (κ3) is 2.53. The average molecular weight is 272 g/mol. The second kappa shape index (κ2) is 5.38. The molecule has 0 aliphatic carbocycles. The summed E-state index contributed by atoms with van der Waals surface area (Å²) in [5, 5.41) is 17.1. The number of tetrazole rings is 1. The Labute approximate surface area is 116 Å². The minimum absolute atomic E-state index is 0.0187. The molecule has 20 heavy (non-hydrogen) atoms. The molecule has 3 rings (SSSR count). The Balaban J connectivity index is 1.68.